The van der Waals surface area contributed by atoms with Crippen molar-refractivity contribution in [1.82, 2.24) is 15.0 Å². The molecule has 0 unspecified atom stereocenters. The third-order valence-electron chi connectivity index (χ3n) is 3.84. The number of benzene rings is 1. The van der Waals surface area contributed by atoms with E-state index in [0.717, 1.165) is 22.6 Å². The maximum Gasteiger partial charge on any atom is 2.00 e. The predicted octanol–water partition coefficient (Wildman–Crippen LogP) is 2.15. The molecule has 2 heterocycles. The Labute approximate surface area is 165 Å². The largest absolute Gasteiger partial charge is 2.00 e. The van der Waals surface area contributed by atoms with Crippen LogP contribution in [-0.4, -0.2) is 51.4 Å². The molecule has 6 nitrogen and oxygen atoms in total. The van der Waals surface area contributed by atoms with Crippen molar-refractivity contribution in [3.8, 4) is 11.5 Å². The molecule has 0 aliphatic heterocycles. The molecule has 8 heteroatoms. The fourth-order valence-electron chi connectivity index (χ4n) is 2.55. The second kappa shape index (κ2) is 8.16. The van der Waals surface area contributed by atoms with Crippen LogP contribution in [0, 0.1) is 13.8 Å². The van der Waals surface area contributed by atoms with Crippen LogP contribution in [0.4, 0.5) is 0 Å². The Hall–Kier alpha value is -1.64. The number of nitrogens with zero attached hydrogens (tertiary/aromatic N) is 3. The molecule has 0 fully saturated rings. The normalized spacial score (nSPS) is 11.8. The van der Waals surface area contributed by atoms with Gasteiger partial charge in [-0.2, -0.15) is 0 Å². The molecule has 0 saturated heterocycles. The fraction of sp³-hybridized carbons (Fsp3) is 0.294. The smallest absolute Gasteiger partial charge is 0.497 e. The zero-order chi connectivity index (χ0) is 17.3. The third-order valence-corrected chi connectivity index (χ3v) is 4.96. The standard InChI is InChI=1S/C17H18N3O3S.Mg/c1-10-8-18-15(11(2)16(10)23-4)9-24(21)17-19-13-6-5-12(22-3)7-14(13)20-17;/h5-8H,9H2,1-4H3;/q-1;+2/t24-;/m0./s1. The Balaban J connectivity index is 0.00000225. The van der Waals surface area contributed by atoms with Crippen LogP contribution in [0.1, 0.15) is 16.8 Å². The second-order valence-electron chi connectivity index (χ2n) is 5.40. The van der Waals surface area contributed by atoms with Gasteiger partial charge in [-0.25, -0.2) is 0 Å². The molecule has 0 spiro atoms. The van der Waals surface area contributed by atoms with E-state index >= 15 is 0 Å². The van der Waals surface area contributed by atoms with Crippen LogP contribution in [0.3, 0.4) is 0 Å². The molecule has 126 valence electrons. The van der Waals surface area contributed by atoms with Crippen LogP contribution in [0.5, 0.6) is 11.5 Å². The summed E-state index contributed by atoms with van der Waals surface area (Å²) in [6.45, 7) is 3.85. The summed E-state index contributed by atoms with van der Waals surface area (Å²) >= 11 is 0. The fourth-order valence-corrected chi connectivity index (χ4v) is 3.62. The molecular formula is C17H18MgN3O3S+. The van der Waals surface area contributed by atoms with Gasteiger partial charge in [0.2, 0.25) is 0 Å². The molecule has 0 aliphatic carbocycles. The monoisotopic (exact) mass is 368 g/mol. The van der Waals surface area contributed by atoms with Crippen LogP contribution in [0.2, 0.25) is 0 Å². The number of methoxy groups -OCH3 is 2. The number of hydrogen-bond donors (Lipinski definition) is 0. The summed E-state index contributed by atoms with van der Waals surface area (Å²) in [5.74, 6) is 1.71. The molecule has 0 amide bonds. The molecule has 25 heavy (non-hydrogen) atoms. The molecule has 1 atom stereocenters. The number of aryl methyl sites for hydroxylation is 1. The van der Waals surface area contributed by atoms with E-state index < -0.39 is 10.8 Å². The van der Waals surface area contributed by atoms with E-state index in [1.165, 1.54) is 0 Å². The van der Waals surface area contributed by atoms with Gasteiger partial charge in [-0.3, -0.25) is 9.19 Å². The van der Waals surface area contributed by atoms with E-state index in [-0.39, 0.29) is 28.8 Å². The van der Waals surface area contributed by atoms with Crippen molar-refractivity contribution in [2.24, 2.45) is 0 Å². The van der Waals surface area contributed by atoms with Crippen molar-refractivity contribution < 1.29 is 13.7 Å². The zero-order valence-electron chi connectivity index (χ0n) is 14.7. The zero-order valence-corrected chi connectivity index (χ0v) is 16.9. The minimum Gasteiger partial charge on any atom is -0.497 e. The number of aromatic nitrogens is 3. The minimum absolute atomic E-state index is 0. The Morgan fingerprint density at radius 2 is 1.96 bits per heavy atom. The Kier molecular flexibility index (Phi) is 6.42. The number of fused-ring (bicyclic) bond motifs is 1. The van der Waals surface area contributed by atoms with E-state index in [1.807, 2.05) is 13.8 Å². The van der Waals surface area contributed by atoms with Crippen molar-refractivity contribution in [1.29, 1.82) is 0 Å². The molecule has 0 radical (unpaired) electrons. The first-order chi connectivity index (χ1) is 11.5. The van der Waals surface area contributed by atoms with Crippen molar-refractivity contribution in [2.45, 2.75) is 24.8 Å². The first kappa shape index (κ1) is 19.7. The number of hydrogen-bond acceptors (Lipinski definition) is 5. The number of ether oxygens (including phenoxy) is 2. The summed E-state index contributed by atoms with van der Waals surface area (Å²) in [5.41, 5.74) is 3.94. The van der Waals surface area contributed by atoms with Gasteiger partial charge in [0.25, 0.3) is 0 Å². The van der Waals surface area contributed by atoms with Gasteiger partial charge in [0.1, 0.15) is 11.5 Å². The first-order valence-electron chi connectivity index (χ1n) is 7.39. The van der Waals surface area contributed by atoms with E-state index in [2.05, 4.69) is 15.0 Å². The summed E-state index contributed by atoms with van der Waals surface area (Å²) in [6, 6.07) is 5.39. The third kappa shape index (κ3) is 3.96. The molecule has 1 aromatic carbocycles. The van der Waals surface area contributed by atoms with Crippen molar-refractivity contribution in [2.75, 3.05) is 14.2 Å². The van der Waals surface area contributed by atoms with Crippen molar-refractivity contribution in [3.63, 3.8) is 0 Å². The predicted molar refractivity (Wildman–Crippen MR) is 97.7 cm³/mol. The molecule has 0 aliphatic rings. The summed E-state index contributed by atoms with van der Waals surface area (Å²) in [4.78, 5) is 13.1. The quantitative estimate of drug-likeness (QED) is 0.642. The molecule has 3 rings (SSSR count). The SMILES string of the molecule is COc1ccc2[n-]c([S@@](=O)Cc3ncc(C)c(OC)c3C)nc2c1.[Mg+2]. The molecule has 2 aromatic heterocycles. The summed E-state index contributed by atoms with van der Waals surface area (Å²) < 4.78 is 23.2. The summed E-state index contributed by atoms with van der Waals surface area (Å²) in [7, 11) is 1.83. The van der Waals surface area contributed by atoms with E-state index in [9.17, 15) is 4.21 Å². The van der Waals surface area contributed by atoms with Gasteiger partial charge in [-0.15, -0.1) is 0 Å². The first-order valence-corrected chi connectivity index (χ1v) is 8.71. The van der Waals surface area contributed by atoms with Crippen LogP contribution < -0.4 is 14.5 Å². The average molecular weight is 369 g/mol. The van der Waals surface area contributed by atoms with E-state index in [0.29, 0.717) is 21.9 Å². The maximum atomic E-state index is 12.6. The van der Waals surface area contributed by atoms with Crippen LogP contribution >= 0.6 is 0 Å². The maximum absolute atomic E-state index is 12.6. The van der Waals surface area contributed by atoms with Crippen LogP contribution in [0.15, 0.2) is 29.6 Å². The van der Waals surface area contributed by atoms with Crippen LogP contribution in [-0.2, 0) is 16.6 Å². The molecule has 3 aromatic rings. The average Bonchev–Trinajstić information content (AvgIpc) is 3.01. The van der Waals surface area contributed by atoms with Crippen molar-refractivity contribution >= 4 is 44.9 Å². The Morgan fingerprint density at radius 1 is 1.20 bits per heavy atom. The van der Waals surface area contributed by atoms with E-state index in [1.54, 1.807) is 38.6 Å². The second-order valence-corrected chi connectivity index (χ2v) is 6.74. The molecule has 0 saturated carbocycles. The van der Waals surface area contributed by atoms with E-state index in [4.69, 9.17) is 9.47 Å². The van der Waals surface area contributed by atoms with Gasteiger partial charge in [-0.05, 0) is 37.0 Å². The van der Waals surface area contributed by atoms with Crippen molar-refractivity contribution in [3.05, 3.63) is 41.2 Å². The Morgan fingerprint density at radius 3 is 2.64 bits per heavy atom. The van der Waals surface area contributed by atoms with Gasteiger partial charge >= 0.3 is 23.1 Å². The summed E-state index contributed by atoms with van der Waals surface area (Å²) in [5, 5.41) is 0.305. The molecular weight excluding hydrogens is 351 g/mol. The van der Waals surface area contributed by atoms with Gasteiger partial charge < -0.3 is 19.4 Å². The minimum atomic E-state index is -1.38. The van der Waals surface area contributed by atoms with Gasteiger partial charge in [0, 0.05) is 22.5 Å². The number of pyridine rings is 1. The molecule has 0 N–H and O–H groups in total. The van der Waals surface area contributed by atoms with Crippen LogP contribution in [0.25, 0.3) is 11.0 Å². The topological polar surface area (TPSA) is 75.4 Å². The van der Waals surface area contributed by atoms with Gasteiger partial charge in [0.05, 0.1) is 36.5 Å². The van der Waals surface area contributed by atoms with Gasteiger partial charge in [-0.1, -0.05) is 6.07 Å². The Bertz CT molecular complexity index is 927. The summed E-state index contributed by atoms with van der Waals surface area (Å²) in [6.07, 6.45) is 1.73. The van der Waals surface area contributed by atoms with Gasteiger partial charge in [0.15, 0.2) is 0 Å². The number of imidazole rings is 1. The number of rotatable bonds is 5. The molecule has 0 bridgehead atoms.